The molecule has 1 aliphatic rings. The second-order valence-electron chi connectivity index (χ2n) is 6.87. The van der Waals surface area contributed by atoms with Gasteiger partial charge in [0, 0.05) is 55.9 Å². The molecular formula is C21H25FIN5O. The van der Waals surface area contributed by atoms with Crippen molar-refractivity contribution < 1.29 is 9.13 Å². The molecule has 1 atom stereocenters. The Bertz CT molecular complexity index is 962. The molecule has 0 spiro atoms. The molecule has 0 saturated carbocycles. The van der Waals surface area contributed by atoms with Gasteiger partial charge in [-0.25, -0.2) is 9.37 Å². The number of hydrogen-bond donors (Lipinski definition) is 2. The Labute approximate surface area is 186 Å². The quantitative estimate of drug-likeness (QED) is 0.314. The van der Waals surface area contributed by atoms with E-state index in [2.05, 4.69) is 25.2 Å². The molecule has 0 aliphatic carbocycles. The Hall–Kier alpha value is -2.36. The van der Waals surface area contributed by atoms with Gasteiger partial charge in [0.1, 0.15) is 11.9 Å². The first-order chi connectivity index (χ1) is 13.7. The van der Waals surface area contributed by atoms with E-state index in [-0.39, 0.29) is 35.9 Å². The fourth-order valence-electron chi connectivity index (χ4n) is 3.61. The Morgan fingerprint density at radius 3 is 3.07 bits per heavy atom. The Balaban J connectivity index is 0.00000240. The lowest BCUT2D eigenvalue weighted by Gasteiger charge is -2.21. The second-order valence-corrected chi connectivity index (χ2v) is 6.87. The number of aromatic amines is 1. The van der Waals surface area contributed by atoms with Crippen molar-refractivity contribution in [3.05, 3.63) is 60.2 Å². The van der Waals surface area contributed by atoms with Gasteiger partial charge in [0.15, 0.2) is 5.96 Å². The molecule has 0 radical (unpaired) electrons. The van der Waals surface area contributed by atoms with Gasteiger partial charge in [-0.05, 0) is 36.2 Å². The smallest absolute Gasteiger partial charge is 0.213 e. The van der Waals surface area contributed by atoms with Crippen molar-refractivity contribution in [3.8, 4) is 5.88 Å². The predicted octanol–water partition coefficient (Wildman–Crippen LogP) is 3.59. The van der Waals surface area contributed by atoms with Crippen molar-refractivity contribution >= 4 is 40.8 Å². The molecule has 6 nitrogen and oxygen atoms in total. The third-order valence-corrected chi connectivity index (χ3v) is 4.99. The van der Waals surface area contributed by atoms with Crippen LogP contribution < -0.4 is 10.1 Å². The lowest BCUT2D eigenvalue weighted by atomic mass is 10.1. The number of H-pyrrole nitrogens is 1. The summed E-state index contributed by atoms with van der Waals surface area (Å²) < 4.78 is 19.3. The minimum atomic E-state index is -0.226. The highest BCUT2D eigenvalue weighted by atomic mass is 127. The summed E-state index contributed by atoms with van der Waals surface area (Å²) in [5, 5.41) is 4.49. The molecule has 154 valence electrons. The van der Waals surface area contributed by atoms with Gasteiger partial charge in [-0.2, -0.15) is 0 Å². The Kier molecular flexibility index (Phi) is 7.29. The molecular weight excluding hydrogens is 484 g/mol. The predicted molar refractivity (Wildman–Crippen MR) is 124 cm³/mol. The van der Waals surface area contributed by atoms with Crippen LogP contribution in [0.2, 0.25) is 0 Å². The number of ether oxygens (including phenoxy) is 1. The van der Waals surface area contributed by atoms with Crippen LogP contribution in [0, 0.1) is 5.82 Å². The number of pyridine rings is 1. The minimum Gasteiger partial charge on any atom is -0.472 e. The van der Waals surface area contributed by atoms with E-state index >= 15 is 0 Å². The molecule has 29 heavy (non-hydrogen) atoms. The molecule has 1 aliphatic heterocycles. The number of benzene rings is 1. The van der Waals surface area contributed by atoms with Crippen LogP contribution in [0.4, 0.5) is 4.39 Å². The summed E-state index contributed by atoms with van der Waals surface area (Å²) in [5.41, 5.74) is 1.99. The Morgan fingerprint density at radius 1 is 1.38 bits per heavy atom. The largest absolute Gasteiger partial charge is 0.472 e. The molecule has 0 bridgehead atoms. The number of aliphatic imine (C=N–C) groups is 1. The van der Waals surface area contributed by atoms with Crippen LogP contribution in [-0.2, 0) is 6.42 Å². The molecule has 3 aromatic rings. The molecule has 4 rings (SSSR count). The van der Waals surface area contributed by atoms with Crippen LogP contribution in [0.5, 0.6) is 5.88 Å². The van der Waals surface area contributed by atoms with Crippen LogP contribution >= 0.6 is 24.0 Å². The van der Waals surface area contributed by atoms with Crippen molar-refractivity contribution in [2.75, 3.05) is 26.7 Å². The van der Waals surface area contributed by atoms with Gasteiger partial charge < -0.3 is 19.9 Å². The lowest BCUT2D eigenvalue weighted by Crippen LogP contribution is -2.41. The number of halogens is 2. The standard InChI is InChI=1S/C21H24FN5O.HI/c1-23-21(27-11-8-17(14-27)28-20-4-2-3-9-24-20)25-10-7-15-13-26-19-12-16(22)5-6-18(15)19;/h2-6,9,12-13,17,26H,7-8,10-11,14H2,1H3,(H,23,25);1H. The van der Waals surface area contributed by atoms with Crippen molar-refractivity contribution in [1.29, 1.82) is 0 Å². The third-order valence-electron chi connectivity index (χ3n) is 4.99. The number of nitrogens with one attached hydrogen (secondary N) is 2. The van der Waals surface area contributed by atoms with Crippen LogP contribution in [0.1, 0.15) is 12.0 Å². The van der Waals surface area contributed by atoms with Gasteiger partial charge in [-0.3, -0.25) is 4.99 Å². The molecule has 3 heterocycles. The number of fused-ring (bicyclic) bond motifs is 1. The molecule has 2 N–H and O–H groups in total. The molecule has 1 aromatic carbocycles. The monoisotopic (exact) mass is 509 g/mol. The summed E-state index contributed by atoms with van der Waals surface area (Å²) in [7, 11) is 1.80. The van der Waals surface area contributed by atoms with E-state index in [1.165, 1.54) is 12.1 Å². The van der Waals surface area contributed by atoms with Crippen LogP contribution in [0.3, 0.4) is 0 Å². The number of nitrogens with zero attached hydrogens (tertiary/aromatic N) is 3. The maximum atomic E-state index is 13.3. The number of rotatable bonds is 5. The fourth-order valence-corrected chi connectivity index (χ4v) is 3.61. The molecule has 8 heteroatoms. The Morgan fingerprint density at radius 2 is 2.28 bits per heavy atom. The summed E-state index contributed by atoms with van der Waals surface area (Å²) >= 11 is 0. The number of guanidine groups is 1. The van der Waals surface area contributed by atoms with E-state index in [0.29, 0.717) is 5.88 Å². The van der Waals surface area contributed by atoms with Gasteiger partial charge >= 0.3 is 0 Å². The van der Waals surface area contributed by atoms with Gasteiger partial charge in [-0.1, -0.05) is 6.07 Å². The number of aromatic nitrogens is 2. The van der Waals surface area contributed by atoms with E-state index in [4.69, 9.17) is 4.74 Å². The molecule has 2 aromatic heterocycles. The number of likely N-dealkylation sites (tertiary alicyclic amines) is 1. The molecule has 0 amide bonds. The minimum absolute atomic E-state index is 0. The third kappa shape index (κ3) is 5.17. The maximum Gasteiger partial charge on any atom is 0.213 e. The van der Waals surface area contributed by atoms with Crippen molar-refractivity contribution in [2.45, 2.75) is 18.9 Å². The van der Waals surface area contributed by atoms with Gasteiger partial charge in [0.2, 0.25) is 5.88 Å². The second kappa shape index (κ2) is 9.91. The van der Waals surface area contributed by atoms with Crippen molar-refractivity contribution in [3.63, 3.8) is 0 Å². The van der Waals surface area contributed by atoms with E-state index in [9.17, 15) is 4.39 Å². The fraction of sp³-hybridized carbons (Fsp3) is 0.333. The zero-order valence-electron chi connectivity index (χ0n) is 16.3. The summed E-state index contributed by atoms with van der Waals surface area (Å²) in [4.78, 5) is 14.0. The van der Waals surface area contributed by atoms with Gasteiger partial charge in [0.25, 0.3) is 0 Å². The van der Waals surface area contributed by atoms with E-state index < -0.39 is 0 Å². The first kappa shape index (κ1) is 21.4. The first-order valence-electron chi connectivity index (χ1n) is 9.52. The zero-order chi connectivity index (χ0) is 19.3. The van der Waals surface area contributed by atoms with Crippen LogP contribution in [0.15, 0.2) is 53.8 Å². The first-order valence-corrected chi connectivity index (χ1v) is 9.52. The van der Waals surface area contributed by atoms with Crippen LogP contribution in [0.25, 0.3) is 10.9 Å². The average molecular weight is 509 g/mol. The highest BCUT2D eigenvalue weighted by Crippen LogP contribution is 2.20. The lowest BCUT2D eigenvalue weighted by molar-refractivity contribution is 0.205. The van der Waals surface area contributed by atoms with E-state index in [1.807, 2.05) is 30.5 Å². The molecule has 1 fully saturated rings. The van der Waals surface area contributed by atoms with Crippen LogP contribution in [-0.4, -0.2) is 53.6 Å². The van der Waals surface area contributed by atoms with Crippen molar-refractivity contribution in [1.82, 2.24) is 20.2 Å². The normalized spacial score (nSPS) is 16.7. The summed E-state index contributed by atoms with van der Waals surface area (Å²) in [6.45, 7) is 2.42. The van der Waals surface area contributed by atoms with Gasteiger partial charge in [-0.15, -0.1) is 24.0 Å². The highest BCUT2D eigenvalue weighted by Gasteiger charge is 2.26. The van der Waals surface area contributed by atoms with E-state index in [1.54, 1.807) is 13.2 Å². The average Bonchev–Trinajstić information content (AvgIpc) is 3.33. The topological polar surface area (TPSA) is 65.5 Å². The molecule has 1 unspecified atom stereocenters. The summed E-state index contributed by atoms with van der Waals surface area (Å²) in [5.74, 6) is 1.31. The van der Waals surface area contributed by atoms with Gasteiger partial charge in [0.05, 0.1) is 6.54 Å². The molecule has 1 saturated heterocycles. The zero-order valence-corrected chi connectivity index (χ0v) is 18.6. The van der Waals surface area contributed by atoms with Crippen molar-refractivity contribution in [2.24, 2.45) is 4.99 Å². The van der Waals surface area contributed by atoms with E-state index in [0.717, 1.165) is 54.9 Å². The summed E-state index contributed by atoms with van der Waals surface area (Å²) in [6, 6.07) is 10.5. The SMILES string of the molecule is CN=C(NCCc1c[nH]c2cc(F)ccc12)N1CCC(Oc2ccccn2)C1.I. The number of hydrogen-bond acceptors (Lipinski definition) is 3. The maximum absolute atomic E-state index is 13.3. The summed E-state index contributed by atoms with van der Waals surface area (Å²) in [6.07, 6.45) is 5.55. The highest BCUT2D eigenvalue weighted by molar-refractivity contribution is 14.0.